The van der Waals surface area contributed by atoms with Gasteiger partial charge in [0.15, 0.2) is 0 Å². The molecule has 9 aromatic rings. The van der Waals surface area contributed by atoms with E-state index >= 15 is 0 Å². The summed E-state index contributed by atoms with van der Waals surface area (Å²) in [6.07, 6.45) is 3.48. The number of benzene rings is 9. The minimum atomic E-state index is -3.95. The molecule has 7 atom stereocenters. The number of oxime groups is 6. The van der Waals surface area contributed by atoms with Crippen molar-refractivity contribution >= 4 is 153 Å². The van der Waals surface area contributed by atoms with Crippen molar-refractivity contribution in [2.45, 2.75) is 142 Å². The molecular weight excluding hydrogens is 1820 g/mol. The van der Waals surface area contributed by atoms with Crippen LogP contribution >= 0.6 is 58.3 Å². The summed E-state index contributed by atoms with van der Waals surface area (Å²) >= 11 is 21.0. The van der Waals surface area contributed by atoms with Gasteiger partial charge in [-0.1, -0.05) is 163 Å². The fraction of sp³-hybridized carbons (Fsp3) is 0.286. The first-order valence-electron chi connectivity index (χ1n) is 37.7. The summed E-state index contributed by atoms with van der Waals surface area (Å²) < 4.78 is 190. The van der Waals surface area contributed by atoms with Gasteiger partial charge in [-0.3, -0.25) is 25.7 Å². The first-order valence-corrected chi connectivity index (χ1v) is 50.3. The fourth-order valence-electron chi connectivity index (χ4n) is 12.1. The van der Waals surface area contributed by atoms with Gasteiger partial charge in [0.25, 0.3) is 0 Å². The van der Waals surface area contributed by atoms with Crippen molar-refractivity contribution in [3.05, 3.63) is 265 Å². The molecule has 6 aliphatic heterocycles. The molecule has 15 rings (SSSR count). The number of ether oxygens (including phenoxy) is 4. The van der Waals surface area contributed by atoms with Crippen LogP contribution in [0.5, 0.6) is 23.0 Å². The molecule has 0 aliphatic carbocycles. The van der Waals surface area contributed by atoms with E-state index in [2.05, 4.69) is 43.8 Å². The lowest BCUT2D eigenvalue weighted by molar-refractivity contribution is 0.179. The van der Waals surface area contributed by atoms with E-state index in [-0.39, 0.29) is 61.9 Å². The molecule has 660 valence electrons. The van der Waals surface area contributed by atoms with E-state index in [1.54, 1.807) is 121 Å². The quantitative estimate of drug-likeness (QED) is 0.0878. The molecule has 7 unspecified atom stereocenters. The number of fused-ring (bicyclic) bond motifs is 6. The molecule has 0 saturated heterocycles. The van der Waals surface area contributed by atoms with Gasteiger partial charge in [0.2, 0.25) is 0 Å². The Bertz CT molecular complexity index is 6350. The van der Waals surface area contributed by atoms with Crippen molar-refractivity contribution in [2.24, 2.45) is 42.8 Å². The molecule has 0 amide bonds. The third-order valence-corrected chi connectivity index (χ3v) is 25.9. The molecule has 6 aliphatic rings. The van der Waals surface area contributed by atoms with Crippen molar-refractivity contribution in [3.63, 3.8) is 0 Å². The number of hydrogen-bond acceptors (Lipinski definition) is 31. The Morgan fingerprint density at radius 1 is 0.379 bits per heavy atom. The minimum Gasteiger partial charge on any atom is -0.492 e. The van der Waals surface area contributed by atoms with Gasteiger partial charge in [-0.15, -0.1) is 23.5 Å². The van der Waals surface area contributed by atoms with Crippen LogP contribution < -0.4 is 18.9 Å². The second-order valence-corrected chi connectivity index (χ2v) is 42.2. The van der Waals surface area contributed by atoms with Crippen LogP contribution in [0.15, 0.2) is 250 Å². The lowest BCUT2D eigenvalue weighted by Crippen LogP contribution is -2.34. The van der Waals surface area contributed by atoms with Crippen LogP contribution in [0, 0.1) is 32.6 Å². The van der Waals surface area contributed by atoms with E-state index in [9.17, 15) is 50.5 Å². The van der Waals surface area contributed by atoms with E-state index in [0.29, 0.717) is 108 Å². The molecule has 0 radical (unpaired) electrons. The van der Waals surface area contributed by atoms with Crippen LogP contribution in [-0.2, 0) is 93.0 Å². The summed E-state index contributed by atoms with van der Waals surface area (Å²) in [5, 5.41) is 33.8. The normalized spacial score (nSPS) is 20.5. The van der Waals surface area contributed by atoms with E-state index < -0.39 is 60.7 Å². The SMILES string of the molecule is CC1C/C(=N\OS(C)(=O)=O)c2cc(Cl)ccc2O1.CC1COc2ccc(CO)cc2/C1=N/OS(C)(=O)=O.CC1Sc2ccc(Cl)cc2/C1=N/OS(C)(=O)=O.Cc1ccc(S(=O)(=O)O/N=C2/c3cc(Cl)ccc3SC2C)cc1.Cc1ccc(S(=O)(=O)O/N=C2/c3ccccc3OC(C)C2C)cc1.Cc1ccc(S(=O)(=O)O/N=C2\CC(C)Oc3ccccc32)cc1. The number of para-hydroxylation sites is 2. The van der Waals surface area contributed by atoms with Gasteiger partial charge >= 0.3 is 60.7 Å². The van der Waals surface area contributed by atoms with E-state index in [0.717, 1.165) is 67.5 Å². The zero-order valence-corrected chi connectivity index (χ0v) is 77.7. The van der Waals surface area contributed by atoms with Crippen LogP contribution in [0.25, 0.3) is 0 Å². The highest BCUT2D eigenvalue weighted by molar-refractivity contribution is 8.01. The molecule has 0 spiro atoms. The maximum Gasteiger partial charge on any atom is 0.358 e. The molecule has 0 aromatic heterocycles. The molecule has 1 N–H and O–H groups in total. The van der Waals surface area contributed by atoms with Crippen LogP contribution in [0.3, 0.4) is 0 Å². The van der Waals surface area contributed by atoms with Gasteiger partial charge < -0.3 is 24.1 Å². The summed E-state index contributed by atoms with van der Waals surface area (Å²) in [7, 11) is -22.6. The molecule has 0 saturated carbocycles. The molecule has 6 heterocycles. The molecule has 124 heavy (non-hydrogen) atoms. The Morgan fingerprint density at radius 3 is 1.20 bits per heavy atom. The number of aliphatic hydroxyl groups excluding tert-OH is 1. The first-order chi connectivity index (χ1) is 58.3. The highest BCUT2D eigenvalue weighted by Crippen LogP contribution is 2.41. The Labute approximate surface area is 745 Å². The van der Waals surface area contributed by atoms with Crippen LogP contribution in [0.2, 0.25) is 15.1 Å². The number of halogens is 3. The van der Waals surface area contributed by atoms with Crippen molar-refractivity contribution in [1.29, 1.82) is 0 Å². The van der Waals surface area contributed by atoms with Gasteiger partial charge in [-0.2, -0.15) is 50.5 Å². The number of rotatable bonds is 16. The molecule has 29 nitrogen and oxygen atoms in total. The monoisotopic (exact) mass is 1910 g/mol. The molecule has 0 fully saturated rings. The average Bonchev–Trinajstić information content (AvgIpc) is 1.56. The Morgan fingerprint density at radius 2 is 0.742 bits per heavy atom. The fourth-order valence-corrected chi connectivity index (χ4v) is 17.7. The highest BCUT2D eigenvalue weighted by Gasteiger charge is 2.34. The largest absolute Gasteiger partial charge is 0.492 e. The van der Waals surface area contributed by atoms with Gasteiger partial charge in [0.1, 0.15) is 67.4 Å². The lowest BCUT2D eigenvalue weighted by Gasteiger charge is -2.29. The van der Waals surface area contributed by atoms with E-state index in [1.165, 1.54) is 36.4 Å². The van der Waals surface area contributed by atoms with Crippen LogP contribution in [0.1, 0.15) is 117 Å². The Hall–Kier alpha value is -9.77. The number of hydrogen-bond donors (Lipinski definition) is 1. The molecule has 40 heteroatoms. The lowest BCUT2D eigenvalue weighted by atomic mass is 9.91. The topological polar surface area (TPSA) is 392 Å². The van der Waals surface area contributed by atoms with Gasteiger partial charge in [0.05, 0.1) is 65.3 Å². The zero-order valence-electron chi connectivity index (χ0n) is 68.9. The number of thioether (sulfide) groups is 2. The highest BCUT2D eigenvalue weighted by atomic mass is 35.5. The van der Waals surface area contributed by atoms with Gasteiger partial charge in [0, 0.05) is 82.9 Å². The van der Waals surface area contributed by atoms with Crippen molar-refractivity contribution in [1.82, 2.24) is 0 Å². The van der Waals surface area contributed by atoms with E-state index in [4.69, 9.17) is 71.7 Å². The summed E-state index contributed by atoms with van der Waals surface area (Å²) in [6, 6.07) is 55.3. The number of aliphatic hydroxyl groups is 1. The molecule has 0 bridgehead atoms. The number of nitrogens with zero attached hydrogens (tertiary/aromatic N) is 6. The van der Waals surface area contributed by atoms with Gasteiger partial charge in [-0.05, 0) is 188 Å². The molecule has 9 aromatic carbocycles. The van der Waals surface area contributed by atoms with Crippen LogP contribution in [-0.4, -0.2) is 144 Å². The van der Waals surface area contributed by atoms with Gasteiger partial charge in [-0.25, -0.2) is 0 Å². The number of aryl methyl sites for hydroxylation is 3. The second kappa shape index (κ2) is 41.6. The Kier molecular flexibility index (Phi) is 32.3. The third-order valence-electron chi connectivity index (χ3n) is 18.4. The summed E-state index contributed by atoms with van der Waals surface area (Å²) in [6.45, 7) is 19.3. The second-order valence-electron chi connectivity index (χ2n) is 28.9. The predicted octanol–water partition coefficient (Wildman–Crippen LogP) is 16.6. The standard InChI is InChI=1S/C18H19NO4S.C17H17NO4S.C16H14ClNO3S2.C12H15NO5S.C11H12ClNO4S.C10H10ClNO3S2/c1-12-8-10-15(11-9-12)24(20,21)23-19-18-13(2)14(3)22-17-7-5-4-6-16(17)18;1-12-7-9-14(10-8-12)23(19,20)22-18-16-11-13(2)21-17-6-4-3-5-15(16)17;1-10-3-6-13(7-4-10)23(19,20)21-18-16-11(2)22-15-8-5-12(17)9-14(15)16;1-8-7-17-11-4-3-9(6-14)5-10(11)12(8)13-18-19(2,15)16;1-7-5-10(13-17-18(2,14)15)9-6-8(12)3-4-11(9)16-7;1-6-10(12-15-17(2,13)14)8-5-7(11)3-4-9(8)16-6/h4-11,13-14H,1-3H3;3-10,13H,11H2,1-2H3;3-9,11H,1-2H3;3-5,8,14H,6-7H2,1-2H3;3-4,6-7H,5H2,1-2H3;3-6H,1-2H3/b19-18+;2*18-16+;13-12+;13-10+;12-10+. The maximum absolute atomic E-state index is 12.3. The Balaban J connectivity index is 0.000000156. The first kappa shape index (κ1) is 96.4. The zero-order chi connectivity index (χ0) is 90.4. The average molecular weight is 1910 g/mol. The van der Waals surface area contributed by atoms with Crippen molar-refractivity contribution in [3.8, 4) is 23.0 Å². The third kappa shape index (κ3) is 26.9. The van der Waals surface area contributed by atoms with Crippen molar-refractivity contribution < 1.29 is 100 Å². The summed E-state index contributed by atoms with van der Waals surface area (Å²) in [5.74, 6) is 2.40. The summed E-state index contributed by atoms with van der Waals surface area (Å²) in [4.78, 5) is 2.28. The van der Waals surface area contributed by atoms with Crippen molar-refractivity contribution in [2.75, 3.05) is 25.4 Å². The molecular formula is C84H87Cl3N6O23S8. The van der Waals surface area contributed by atoms with E-state index in [1.807, 2.05) is 130 Å². The summed E-state index contributed by atoms with van der Waals surface area (Å²) in [5.41, 5.74) is 11.4. The smallest absolute Gasteiger partial charge is 0.358 e. The van der Waals surface area contributed by atoms with Crippen LogP contribution in [0.4, 0.5) is 0 Å². The predicted molar refractivity (Wildman–Crippen MR) is 479 cm³/mol. The maximum atomic E-state index is 12.3. The minimum absolute atomic E-state index is 0.00307.